The number of carbonyl (C=O) groups is 1. The summed E-state index contributed by atoms with van der Waals surface area (Å²) in [4.78, 5) is 17.5. The van der Waals surface area contributed by atoms with Crippen LogP contribution in [0.15, 0.2) is 43.0 Å². The Hall–Kier alpha value is -3.84. The average molecular weight is 557 g/mol. The molecule has 1 N–H and O–H groups in total. The Morgan fingerprint density at radius 3 is 2.87 bits per heavy atom. The number of aryl methyl sites for hydroxylation is 1. The molecule has 0 saturated heterocycles. The van der Waals surface area contributed by atoms with Crippen LogP contribution in [0.4, 0.5) is 14.5 Å². The number of hydrogen-bond donors (Lipinski definition) is 1. The van der Waals surface area contributed by atoms with Crippen molar-refractivity contribution in [1.82, 2.24) is 24.4 Å². The fourth-order valence-electron chi connectivity index (χ4n) is 4.32. The number of alkyl halides is 2. The third-order valence-electron chi connectivity index (χ3n) is 6.30. The van der Waals surface area contributed by atoms with Gasteiger partial charge in [0.15, 0.2) is 5.65 Å². The molecule has 0 fully saturated rings. The molecule has 1 amide bonds. The molecule has 13 heteroatoms. The van der Waals surface area contributed by atoms with E-state index in [1.54, 1.807) is 30.6 Å². The second kappa shape index (κ2) is 11.1. The first-order valence-corrected chi connectivity index (χ1v) is 16.4. The molecule has 0 radical (unpaired) electrons. The van der Waals surface area contributed by atoms with Crippen LogP contribution in [0.5, 0.6) is 11.5 Å². The summed E-state index contributed by atoms with van der Waals surface area (Å²) in [5.41, 5.74) is 2.35. The maximum atomic E-state index is 13.5. The van der Waals surface area contributed by atoms with Crippen LogP contribution in [0.3, 0.4) is 0 Å². The predicted molar refractivity (Wildman–Crippen MR) is 143 cm³/mol. The highest BCUT2D eigenvalue weighted by Gasteiger charge is 2.25. The summed E-state index contributed by atoms with van der Waals surface area (Å²) in [5, 5.41) is 11.4. The maximum Gasteiger partial charge on any atom is 0.387 e. The van der Waals surface area contributed by atoms with E-state index in [1.165, 1.54) is 21.6 Å². The summed E-state index contributed by atoms with van der Waals surface area (Å²) < 4.78 is 46.7. The smallest absolute Gasteiger partial charge is 0.387 e. The van der Waals surface area contributed by atoms with E-state index >= 15 is 0 Å². The van der Waals surface area contributed by atoms with Gasteiger partial charge in [0, 0.05) is 32.6 Å². The minimum atomic E-state index is -3.04. The Bertz CT molecular complexity index is 1480. The molecule has 0 unspecified atom stereocenters. The monoisotopic (exact) mass is 556 g/mol. The van der Waals surface area contributed by atoms with Crippen LogP contribution in [0, 0.1) is 0 Å². The predicted octanol–water partition coefficient (Wildman–Crippen LogP) is 5.08. The molecule has 5 rings (SSSR count). The quantitative estimate of drug-likeness (QED) is 0.214. The van der Waals surface area contributed by atoms with E-state index in [-0.39, 0.29) is 18.0 Å². The number of rotatable bonds is 10. The van der Waals surface area contributed by atoms with Gasteiger partial charge in [0.2, 0.25) is 0 Å². The number of carbonyl (C=O) groups excluding carboxylic acids is 1. The van der Waals surface area contributed by atoms with Gasteiger partial charge < -0.3 is 19.5 Å². The van der Waals surface area contributed by atoms with Gasteiger partial charge in [-0.25, -0.2) is 14.2 Å². The van der Waals surface area contributed by atoms with Crippen molar-refractivity contribution in [3.05, 3.63) is 54.1 Å². The Balaban J connectivity index is 1.54. The van der Waals surface area contributed by atoms with Crippen molar-refractivity contribution in [2.45, 2.75) is 51.9 Å². The van der Waals surface area contributed by atoms with Gasteiger partial charge in [-0.2, -0.15) is 19.0 Å². The fourth-order valence-corrected chi connectivity index (χ4v) is 5.08. The minimum absolute atomic E-state index is 0.0359. The summed E-state index contributed by atoms with van der Waals surface area (Å²) in [6.45, 7) is 4.81. The Kier molecular flexibility index (Phi) is 7.62. The number of anilines is 1. The van der Waals surface area contributed by atoms with Gasteiger partial charge in [-0.1, -0.05) is 19.6 Å². The van der Waals surface area contributed by atoms with Crippen molar-refractivity contribution in [2.24, 2.45) is 0 Å². The molecule has 3 aromatic heterocycles. The molecule has 0 saturated carbocycles. The number of ether oxygens (including phenoxy) is 3. The molecule has 0 aliphatic carbocycles. The lowest BCUT2D eigenvalue weighted by Crippen LogP contribution is -2.22. The van der Waals surface area contributed by atoms with E-state index in [0.717, 1.165) is 18.0 Å². The molecule has 0 bridgehead atoms. The van der Waals surface area contributed by atoms with Gasteiger partial charge in [-0.05, 0) is 42.6 Å². The van der Waals surface area contributed by atoms with Crippen LogP contribution in [0.1, 0.15) is 22.3 Å². The van der Waals surface area contributed by atoms with Crippen LogP contribution in [0.25, 0.3) is 16.9 Å². The highest BCUT2D eigenvalue weighted by molar-refractivity contribution is 6.76. The Labute approximate surface area is 224 Å². The van der Waals surface area contributed by atoms with E-state index < -0.39 is 20.6 Å². The molecular formula is C26H30F2N6O4Si. The van der Waals surface area contributed by atoms with E-state index in [0.29, 0.717) is 48.0 Å². The lowest BCUT2D eigenvalue weighted by molar-refractivity contribution is -0.0495. The first-order valence-electron chi connectivity index (χ1n) is 12.7. The molecule has 0 atom stereocenters. The summed E-state index contributed by atoms with van der Waals surface area (Å²) in [6.07, 6.45) is 7.58. The maximum absolute atomic E-state index is 13.5. The zero-order valence-electron chi connectivity index (χ0n) is 22.0. The molecule has 1 aliphatic rings. The normalized spacial score (nSPS) is 13.4. The van der Waals surface area contributed by atoms with Gasteiger partial charge in [0.25, 0.3) is 5.91 Å². The molecule has 39 heavy (non-hydrogen) atoms. The van der Waals surface area contributed by atoms with Crippen LogP contribution >= 0.6 is 0 Å². The van der Waals surface area contributed by atoms with Gasteiger partial charge in [0.1, 0.15) is 23.8 Å². The van der Waals surface area contributed by atoms with Gasteiger partial charge >= 0.3 is 6.61 Å². The second-order valence-corrected chi connectivity index (χ2v) is 16.1. The number of hydrogen-bond acceptors (Lipinski definition) is 7. The van der Waals surface area contributed by atoms with E-state index in [9.17, 15) is 13.6 Å². The van der Waals surface area contributed by atoms with Crippen LogP contribution in [-0.2, 0) is 17.9 Å². The van der Waals surface area contributed by atoms with E-state index in [1.807, 2.05) is 0 Å². The summed E-state index contributed by atoms with van der Waals surface area (Å²) in [6, 6.07) is 5.88. The Morgan fingerprint density at radius 1 is 1.23 bits per heavy atom. The number of nitrogens with zero attached hydrogens (tertiary/aromatic N) is 5. The SMILES string of the molecule is C[Si](C)(C)CCOCn1ncc(NC(=O)c2cnn3cccnc23)c1-c1cc2c(cc1OC(F)F)CCCO2. The highest BCUT2D eigenvalue weighted by Crippen LogP contribution is 2.42. The third-order valence-corrected chi connectivity index (χ3v) is 8.01. The summed E-state index contributed by atoms with van der Waals surface area (Å²) in [5.74, 6) is 0.0651. The fraction of sp³-hybridized carbons (Fsp3) is 0.385. The molecule has 206 valence electrons. The van der Waals surface area contributed by atoms with Gasteiger partial charge in [-0.15, -0.1) is 0 Å². The molecular weight excluding hydrogens is 526 g/mol. The van der Waals surface area contributed by atoms with Crippen molar-refractivity contribution in [2.75, 3.05) is 18.5 Å². The molecule has 4 aromatic rings. The molecule has 1 aromatic carbocycles. The summed E-state index contributed by atoms with van der Waals surface area (Å²) >= 11 is 0. The van der Waals surface area contributed by atoms with E-state index in [2.05, 4.69) is 40.1 Å². The number of nitrogens with one attached hydrogen (secondary N) is 1. The molecule has 1 aliphatic heterocycles. The number of fused-ring (bicyclic) bond motifs is 2. The van der Waals surface area contributed by atoms with Crippen molar-refractivity contribution in [3.63, 3.8) is 0 Å². The lowest BCUT2D eigenvalue weighted by Gasteiger charge is -2.22. The van der Waals surface area contributed by atoms with E-state index in [4.69, 9.17) is 14.2 Å². The lowest BCUT2D eigenvalue weighted by atomic mass is 10.0. The summed E-state index contributed by atoms with van der Waals surface area (Å²) in [7, 11) is -1.33. The van der Waals surface area contributed by atoms with Gasteiger partial charge in [-0.3, -0.25) is 4.79 Å². The van der Waals surface area contributed by atoms with Gasteiger partial charge in [0.05, 0.1) is 30.4 Å². The first kappa shape index (κ1) is 26.8. The number of halogens is 2. The van der Waals surface area contributed by atoms with Crippen LogP contribution < -0.4 is 14.8 Å². The van der Waals surface area contributed by atoms with Crippen LogP contribution in [-0.4, -0.2) is 58.2 Å². The molecule has 0 spiro atoms. The number of benzene rings is 1. The highest BCUT2D eigenvalue weighted by atomic mass is 28.3. The molecule has 10 nitrogen and oxygen atoms in total. The zero-order valence-corrected chi connectivity index (χ0v) is 23.0. The average Bonchev–Trinajstić information content (AvgIpc) is 3.49. The zero-order chi connectivity index (χ0) is 27.6. The number of amides is 1. The largest absolute Gasteiger partial charge is 0.493 e. The van der Waals surface area contributed by atoms with Crippen LogP contribution in [0.2, 0.25) is 25.7 Å². The Morgan fingerprint density at radius 2 is 2.08 bits per heavy atom. The number of aromatic nitrogens is 5. The first-order chi connectivity index (χ1) is 18.7. The molecule has 4 heterocycles. The van der Waals surface area contributed by atoms with Crippen molar-refractivity contribution in [1.29, 1.82) is 0 Å². The second-order valence-electron chi connectivity index (χ2n) is 10.4. The van der Waals surface area contributed by atoms with Crippen molar-refractivity contribution < 1.29 is 27.8 Å². The van der Waals surface area contributed by atoms with Crippen molar-refractivity contribution >= 4 is 25.3 Å². The minimum Gasteiger partial charge on any atom is -0.493 e. The topological polar surface area (TPSA) is 105 Å². The standard InChI is InChI=1S/C26H30F2N6O4Si/c1-39(2,3)11-10-36-16-34-23(18-13-21-17(6-4-9-37-21)12-22(18)38-26(27)28)20(15-31-34)32-25(35)19-14-30-33-8-5-7-29-24(19)33/h5,7-8,12-15,26H,4,6,9-11,16H2,1-3H3,(H,32,35). The third kappa shape index (κ3) is 6.09. The van der Waals surface area contributed by atoms with Crippen molar-refractivity contribution in [3.8, 4) is 22.8 Å².